The number of unbranched alkanes of at least 4 members (excludes halogenated alkanes) is 1. The fourth-order valence-corrected chi connectivity index (χ4v) is 1.79. The average molecular weight is 344 g/mol. The van der Waals surface area contributed by atoms with Crippen LogP contribution in [0.4, 0.5) is 8.78 Å². The Balaban J connectivity index is 2.52. The van der Waals surface area contributed by atoms with E-state index >= 15 is 0 Å². The lowest BCUT2D eigenvalue weighted by Gasteiger charge is -2.08. The lowest BCUT2D eigenvalue weighted by atomic mass is 10.4. The Hall–Kier alpha value is -0.240. The van der Waals surface area contributed by atoms with Crippen LogP contribution < -0.4 is 0 Å². The van der Waals surface area contributed by atoms with E-state index in [0.29, 0.717) is 13.2 Å². The molecule has 0 aromatic carbocycles. The van der Waals surface area contributed by atoms with Crippen molar-refractivity contribution in [2.75, 3.05) is 6.61 Å². The zero-order valence-electron chi connectivity index (χ0n) is 9.13. The van der Waals surface area contributed by atoms with Gasteiger partial charge in [0.25, 0.3) is 6.43 Å². The van der Waals surface area contributed by atoms with Crippen LogP contribution in [0.2, 0.25) is 0 Å². The van der Waals surface area contributed by atoms with Gasteiger partial charge in [-0.25, -0.2) is 8.78 Å². The summed E-state index contributed by atoms with van der Waals surface area (Å²) in [6.45, 7) is 2.72. The van der Waals surface area contributed by atoms with Crippen LogP contribution in [0.3, 0.4) is 0 Å². The third-order valence-corrected chi connectivity index (χ3v) is 2.99. The summed E-state index contributed by atoms with van der Waals surface area (Å²) in [6.07, 6.45) is 1.25. The molecule has 0 saturated heterocycles. The summed E-state index contributed by atoms with van der Waals surface area (Å²) >= 11 is 2.08. The van der Waals surface area contributed by atoms with Gasteiger partial charge in [-0.15, -0.1) is 0 Å². The van der Waals surface area contributed by atoms with Crippen molar-refractivity contribution < 1.29 is 13.5 Å². The van der Waals surface area contributed by atoms with Crippen LogP contribution in [0, 0.1) is 3.57 Å². The molecule has 92 valence electrons. The predicted molar refractivity (Wildman–Crippen MR) is 65.5 cm³/mol. The van der Waals surface area contributed by atoms with Crippen molar-refractivity contribution >= 4 is 22.6 Å². The first-order valence-electron chi connectivity index (χ1n) is 5.21. The molecule has 1 heterocycles. The highest BCUT2D eigenvalue weighted by Gasteiger charge is 2.12. The zero-order chi connectivity index (χ0) is 12.0. The summed E-state index contributed by atoms with van der Waals surface area (Å²) in [5.74, 6) is 0. The van der Waals surface area contributed by atoms with E-state index in [0.717, 1.165) is 22.1 Å². The summed E-state index contributed by atoms with van der Waals surface area (Å²) in [5.41, 5.74) is 0.733. The van der Waals surface area contributed by atoms with E-state index in [1.807, 2.05) is 0 Å². The molecule has 3 nitrogen and oxygen atoms in total. The SMILES string of the molecule is CCCCOCc1c(I)cnn1CC(F)F. The molecule has 0 amide bonds. The highest BCUT2D eigenvalue weighted by atomic mass is 127. The largest absolute Gasteiger partial charge is 0.375 e. The molecule has 1 aromatic rings. The van der Waals surface area contributed by atoms with Crippen LogP contribution >= 0.6 is 22.6 Å². The van der Waals surface area contributed by atoms with Crippen LogP contribution in [-0.4, -0.2) is 22.8 Å². The Morgan fingerprint density at radius 3 is 2.94 bits per heavy atom. The quantitative estimate of drug-likeness (QED) is 0.562. The van der Waals surface area contributed by atoms with Crippen LogP contribution in [0.15, 0.2) is 6.20 Å². The van der Waals surface area contributed by atoms with Crippen LogP contribution in [-0.2, 0) is 17.9 Å². The first-order chi connectivity index (χ1) is 7.65. The van der Waals surface area contributed by atoms with Crippen LogP contribution in [0.5, 0.6) is 0 Å². The fourth-order valence-electron chi connectivity index (χ4n) is 1.23. The van der Waals surface area contributed by atoms with Crippen molar-refractivity contribution in [3.63, 3.8) is 0 Å². The van der Waals surface area contributed by atoms with Gasteiger partial charge in [-0.2, -0.15) is 5.10 Å². The lowest BCUT2D eigenvalue weighted by molar-refractivity contribution is 0.0972. The van der Waals surface area contributed by atoms with Gasteiger partial charge in [-0.3, -0.25) is 4.68 Å². The number of nitrogens with zero attached hydrogens (tertiary/aromatic N) is 2. The lowest BCUT2D eigenvalue weighted by Crippen LogP contribution is -2.13. The van der Waals surface area contributed by atoms with Crippen molar-refractivity contribution in [1.82, 2.24) is 9.78 Å². The number of ether oxygens (including phenoxy) is 1. The molecule has 0 aliphatic heterocycles. The van der Waals surface area contributed by atoms with Crippen molar-refractivity contribution in [2.45, 2.75) is 39.3 Å². The third-order valence-electron chi connectivity index (χ3n) is 2.09. The molecule has 0 atom stereocenters. The highest BCUT2D eigenvalue weighted by molar-refractivity contribution is 14.1. The smallest absolute Gasteiger partial charge is 0.257 e. The third kappa shape index (κ3) is 4.32. The van der Waals surface area contributed by atoms with E-state index in [4.69, 9.17) is 4.74 Å². The van der Waals surface area contributed by atoms with Crippen LogP contribution in [0.1, 0.15) is 25.5 Å². The fraction of sp³-hybridized carbons (Fsp3) is 0.700. The molecule has 0 aliphatic rings. The molecule has 6 heteroatoms. The van der Waals surface area contributed by atoms with E-state index in [-0.39, 0.29) is 6.54 Å². The van der Waals surface area contributed by atoms with Gasteiger partial charge in [0, 0.05) is 6.61 Å². The standard InChI is InChI=1S/C10H15F2IN2O/c1-2-3-4-16-7-9-8(13)5-14-15(9)6-10(11)12/h5,10H,2-4,6-7H2,1H3. The van der Waals surface area contributed by atoms with E-state index < -0.39 is 6.43 Å². The molecule has 0 bridgehead atoms. The summed E-state index contributed by atoms with van der Waals surface area (Å²) in [5, 5.41) is 3.90. The number of halogens is 3. The van der Waals surface area contributed by atoms with Crippen molar-refractivity contribution in [1.29, 1.82) is 0 Å². The molecule has 0 saturated carbocycles. The van der Waals surface area contributed by atoms with Crippen molar-refractivity contribution in [3.05, 3.63) is 15.5 Å². The number of hydrogen-bond acceptors (Lipinski definition) is 2. The maximum atomic E-state index is 12.2. The Morgan fingerprint density at radius 2 is 2.31 bits per heavy atom. The summed E-state index contributed by atoms with van der Waals surface area (Å²) in [6, 6.07) is 0. The Kier molecular flexibility index (Phi) is 6.18. The van der Waals surface area contributed by atoms with E-state index in [2.05, 4.69) is 34.6 Å². The normalized spacial score (nSPS) is 11.3. The first kappa shape index (κ1) is 13.8. The maximum Gasteiger partial charge on any atom is 0.257 e. The molecular weight excluding hydrogens is 329 g/mol. The second kappa shape index (κ2) is 7.16. The van der Waals surface area contributed by atoms with Gasteiger partial charge < -0.3 is 4.74 Å². The molecule has 0 spiro atoms. The van der Waals surface area contributed by atoms with Gasteiger partial charge in [0.15, 0.2) is 0 Å². The Labute approximate surface area is 107 Å². The van der Waals surface area contributed by atoms with Gasteiger partial charge in [0.2, 0.25) is 0 Å². The summed E-state index contributed by atoms with van der Waals surface area (Å²) < 4.78 is 32.1. The van der Waals surface area contributed by atoms with Gasteiger partial charge in [-0.05, 0) is 29.0 Å². The predicted octanol–water partition coefficient (Wildman–Crippen LogP) is 3.07. The first-order valence-corrected chi connectivity index (χ1v) is 6.29. The monoisotopic (exact) mass is 344 g/mol. The second-order valence-corrected chi connectivity index (χ2v) is 4.58. The molecule has 1 rings (SSSR count). The molecule has 1 aromatic heterocycles. The molecule has 16 heavy (non-hydrogen) atoms. The molecule has 0 N–H and O–H groups in total. The van der Waals surface area contributed by atoms with Crippen LogP contribution in [0.25, 0.3) is 0 Å². The summed E-state index contributed by atoms with van der Waals surface area (Å²) in [4.78, 5) is 0. The Morgan fingerprint density at radius 1 is 1.56 bits per heavy atom. The average Bonchev–Trinajstić information content (AvgIpc) is 2.55. The van der Waals surface area contributed by atoms with E-state index in [1.165, 1.54) is 4.68 Å². The van der Waals surface area contributed by atoms with Gasteiger partial charge in [0.1, 0.15) is 6.54 Å². The van der Waals surface area contributed by atoms with E-state index in [1.54, 1.807) is 6.20 Å². The maximum absolute atomic E-state index is 12.2. The van der Waals surface area contributed by atoms with Crippen molar-refractivity contribution in [2.24, 2.45) is 0 Å². The number of aromatic nitrogens is 2. The number of hydrogen-bond donors (Lipinski definition) is 0. The number of alkyl halides is 2. The topological polar surface area (TPSA) is 27.1 Å². The number of rotatable bonds is 7. The Bertz CT molecular complexity index is 318. The minimum Gasteiger partial charge on any atom is -0.375 e. The second-order valence-electron chi connectivity index (χ2n) is 3.42. The van der Waals surface area contributed by atoms with E-state index in [9.17, 15) is 8.78 Å². The highest BCUT2D eigenvalue weighted by Crippen LogP contribution is 2.14. The zero-order valence-corrected chi connectivity index (χ0v) is 11.3. The van der Waals surface area contributed by atoms with Gasteiger partial charge >= 0.3 is 0 Å². The molecule has 0 radical (unpaired) electrons. The molecule has 0 unspecified atom stereocenters. The van der Waals surface area contributed by atoms with Gasteiger partial charge in [-0.1, -0.05) is 13.3 Å². The minimum atomic E-state index is -2.38. The van der Waals surface area contributed by atoms with Crippen molar-refractivity contribution in [3.8, 4) is 0 Å². The molecule has 0 fully saturated rings. The van der Waals surface area contributed by atoms with Gasteiger partial charge in [0.05, 0.1) is 22.1 Å². The summed E-state index contributed by atoms with van der Waals surface area (Å²) in [7, 11) is 0. The minimum absolute atomic E-state index is 0.352. The molecule has 0 aliphatic carbocycles. The molecular formula is C10H15F2IN2O.